The molecule has 1 rings (SSSR count). The van der Waals surface area contributed by atoms with Gasteiger partial charge in [-0.1, -0.05) is 41.4 Å². The molecule has 94 valence electrons. The van der Waals surface area contributed by atoms with Crippen molar-refractivity contribution in [3.05, 3.63) is 34.9 Å². The van der Waals surface area contributed by atoms with Gasteiger partial charge in [-0.25, -0.2) is 0 Å². The molecule has 0 saturated heterocycles. The SMILES string of the molecule is CCC(SCc1cc(C)cc(C)c1)C(N)=NO. The molecule has 0 radical (unpaired) electrons. The van der Waals surface area contributed by atoms with Gasteiger partial charge in [-0.15, -0.1) is 11.8 Å². The summed E-state index contributed by atoms with van der Waals surface area (Å²) in [4.78, 5) is 0. The second-order valence-electron chi connectivity index (χ2n) is 4.23. The lowest BCUT2D eigenvalue weighted by Crippen LogP contribution is -2.25. The highest BCUT2D eigenvalue weighted by Gasteiger charge is 2.12. The summed E-state index contributed by atoms with van der Waals surface area (Å²) in [6, 6.07) is 6.52. The number of nitrogens with zero attached hydrogens (tertiary/aromatic N) is 1. The van der Waals surface area contributed by atoms with Gasteiger partial charge in [0.2, 0.25) is 0 Å². The van der Waals surface area contributed by atoms with E-state index in [4.69, 9.17) is 10.9 Å². The maximum atomic E-state index is 8.67. The van der Waals surface area contributed by atoms with E-state index in [-0.39, 0.29) is 5.25 Å². The van der Waals surface area contributed by atoms with Crippen LogP contribution in [0.15, 0.2) is 23.4 Å². The van der Waals surface area contributed by atoms with Crippen LogP contribution >= 0.6 is 11.8 Å². The number of oxime groups is 1. The van der Waals surface area contributed by atoms with E-state index in [0.717, 1.165) is 12.2 Å². The molecule has 1 unspecified atom stereocenters. The van der Waals surface area contributed by atoms with Crippen LogP contribution in [0.25, 0.3) is 0 Å². The van der Waals surface area contributed by atoms with Crippen LogP contribution in [0.2, 0.25) is 0 Å². The lowest BCUT2D eigenvalue weighted by Gasteiger charge is -2.13. The quantitative estimate of drug-likeness (QED) is 0.366. The molecule has 0 aliphatic rings. The van der Waals surface area contributed by atoms with Gasteiger partial charge in [-0.05, 0) is 25.8 Å². The van der Waals surface area contributed by atoms with Crippen molar-refractivity contribution >= 4 is 17.6 Å². The molecule has 17 heavy (non-hydrogen) atoms. The Bertz CT molecular complexity index is 384. The summed E-state index contributed by atoms with van der Waals surface area (Å²) >= 11 is 1.71. The van der Waals surface area contributed by atoms with Gasteiger partial charge >= 0.3 is 0 Å². The summed E-state index contributed by atoms with van der Waals surface area (Å²) in [6.45, 7) is 6.24. The van der Waals surface area contributed by atoms with Crippen LogP contribution in [0.3, 0.4) is 0 Å². The van der Waals surface area contributed by atoms with Crippen LogP contribution in [-0.4, -0.2) is 16.3 Å². The zero-order valence-electron chi connectivity index (χ0n) is 10.6. The van der Waals surface area contributed by atoms with E-state index in [1.807, 2.05) is 6.92 Å². The Morgan fingerprint density at radius 1 is 1.35 bits per heavy atom. The van der Waals surface area contributed by atoms with Gasteiger partial charge in [0.15, 0.2) is 5.84 Å². The molecule has 0 amide bonds. The molecule has 3 nitrogen and oxygen atoms in total. The molecule has 1 aromatic rings. The van der Waals surface area contributed by atoms with Crippen LogP contribution in [0.1, 0.15) is 30.0 Å². The third kappa shape index (κ3) is 4.30. The second kappa shape index (κ2) is 6.55. The van der Waals surface area contributed by atoms with Gasteiger partial charge in [0, 0.05) is 5.75 Å². The average molecular weight is 252 g/mol. The molecule has 4 heteroatoms. The van der Waals surface area contributed by atoms with Gasteiger partial charge in [0.25, 0.3) is 0 Å². The number of benzene rings is 1. The van der Waals surface area contributed by atoms with Gasteiger partial charge in [0.05, 0.1) is 5.25 Å². The molecule has 0 heterocycles. The lowest BCUT2D eigenvalue weighted by molar-refractivity contribution is 0.317. The fraction of sp³-hybridized carbons (Fsp3) is 0.462. The maximum absolute atomic E-state index is 8.67. The first kappa shape index (κ1) is 13.9. The molecular formula is C13H20N2OS. The molecule has 1 aromatic carbocycles. The summed E-state index contributed by atoms with van der Waals surface area (Å²) in [6.07, 6.45) is 0.866. The van der Waals surface area contributed by atoms with Crippen molar-refractivity contribution in [3.8, 4) is 0 Å². The number of hydrogen-bond acceptors (Lipinski definition) is 3. The van der Waals surface area contributed by atoms with Crippen molar-refractivity contribution in [3.63, 3.8) is 0 Å². The van der Waals surface area contributed by atoms with Crippen LogP contribution < -0.4 is 5.73 Å². The molecule has 0 aromatic heterocycles. The lowest BCUT2D eigenvalue weighted by atomic mass is 10.1. The third-order valence-corrected chi connectivity index (χ3v) is 4.03. The zero-order chi connectivity index (χ0) is 12.8. The first-order valence-corrected chi connectivity index (χ1v) is 6.78. The second-order valence-corrected chi connectivity index (χ2v) is 5.42. The van der Waals surface area contributed by atoms with Crippen LogP contribution in [0, 0.1) is 13.8 Å². The Morgan fingerprint density at radius 2 is 1.94 bits per heavy atom. The molecule has 0 aliphatic carbocycles. The smallest absolute Gasteiger partial charge is 0.152 e. The summed E-state index contributed by atoms with van der Waals surface area (Å²) in [5.41, 5.74) is 9.47. The van der Waals surface area contributed by atoms with Crippen molar-refractivity contribution in [2.75, 3.05) is 0 Å². The van der Waals surface area contributed by atoms with E-state index >= 15 is 0 Å². The van der Waals surface area contributed by atoms with Crippen molar-refractivity contribution in [2.24, 2.45) is 10.9 Å². The standard InChI is InChI=1S/C13H20N2OS/c1-4-12(13(14)15-16)17-8-11-6-9(2)5-10(3)7-11/h5-7,12,16H,4,8H2,1-3H3,(H2,14,15). The topological polar surface area (TPSA) is 58.6 Å². The van der Waals surface area contributed by atoms with Gasteiger partial charge in [0.1, 0.15) is 0 Å². The molecule has 0 aliphatic heterocycles. The normalized spacial score (nSPS) is 13.7. The number of thioether (sulfide) groups is 1. The highest BCUT2D eigenvalue weighted by molar-refractivity contribution is 7.99. The predicted molar refractivity (Wildman–Crippen MR) is 74.7 cm³/mol. The van der Waals surface area contributed by atoms with E-state index in [9.17, 15) is 0 Å². The summed E-state index contributed by atoms with van der Waals surface area (Å²) in [7, 11) is 0. The summed E-state index contributed by atoms with van der Waals surface area (Å²) in [5.74, 6) is 1.19. The van der Waals surface area contributed by atoms with E-state index < -0.39 is 0 Å². The number of amidine groups is 1. The summed E-state index contributed by atoms with van der Waals surface area (Å²) < 4.78 is 0. The van der Waals surface area contributed by atoms with Crippen molar-refractivity contribution < 1.29 is 5.21 Å². The largest absolute Gasteiger partial charge is 0.409 e. The number of hydrogen-bond donors (Lipinski definition) is 2. The monoisotopic (exact) mass is 252 g/mol. The predicted octanol–water partition coefficient (Wildman–Crippen LogP) is 3.06. The summed E-state index contributed by atoms with van der Waals surface area (Å²) in [5, 5.41) is 11.8. The van der Waals surface area contributed by atoms with E-state index in [2.05, 4.69) is 37.2 Å². The van der Waals surface area contributed by atoms with E-state index in [1.165, 1.54) is 16.7 Å². The molecule has 0 spiro atoms. The van der Waals surface area contributed by atoms with E-state index in [1.54, 1.807) is 11.8 Å². The van der Waals surface area contributed by atoms with Crippen LogP contribution in [0.4, 0.5) is 0 Å². The Kier molecular flexibility index (Phi) is 5.35. The Morgan fingerprint density at radius 3 is 2.41 bits per heavy atom. The highest BCUT2D eigenvalue weighted by Crippen LogP contribution is 2.22. The minimum Gasteiger partial charge on any atom is -0.409 e. The third-order valence-electron chi connectivity index (χ3n) is 2.55. The maximum Gasteiger partial charge on any atom is 0.152 e. The van der Waals surface area contributed by atoms with Gasteiger partial charge in [-0.2, -0.15) is 0 Å². The van der Waals surface area contributed by atoms with Crippen molar-refractivity contribution in [1.29, 1.82) is 0 Å². The number of nitrogens with two attached hydrogens (primary N) is 1. The highest BCUT2D eigenvalue weighted by atomic mass is 32.2. The first-order chi connectivity index (χ1) is 8.06. The van der Waals surface area contributed by atoms with E-state index in [0.29, 0.717) is 5.84 Å². The zero-order valence-corrected chi connectivity index (χ0v) is 11.4. The number of aryl methyl sites for hydroxylation is 2. The van der Waals surface area contributed by atoms with Crippen LogP contribution in [0.5, 0.6) is 0 Å². The molecule has 0 saturated carbocycles. The minimum atomic E-state index is 0.0841. The fourth-order valence-corrected chi connectivity index (χ4v) is 2.84. The van der Waals surface area contributed by atoms with Crippen LogP contribution in [-0.2, 0) is 5.75 Å². The minimum absolute atomic E-state index is 0.0841. The molecule has 1 atom stereocenters. The average Bonchev–Trinajstić information content (AvgIpc) is 2.28. The van der Waals surface area contributed by atoms with Crippen molar-refractivity contribution in [2.45, 2.75) is 38.2 Å². The molecule has 3 N–H and O–H groups in total. The Balaban J connectivity index is 2.66. The first-order valence-electron chi connectivity index (χ1n) is 5.73. The van der Waals surface area contributed by atoms with Gasteiger partial charge in [-0.3, -0.25) is 0 Å². The van der Waals surface area contributed by atoms with Crippen molar-refractivity contribution in [1.82, 2.24) is 0 Å². The Labute approximate surface area is 107 Å². The molecular weight excluding hydrogens is 232 g/mol. The molecule has 0 bridgehead atoms. The fourth-order valence-electron chi connectivity index (χ4n) is 1.83. The Hall–Kier alpha value is -1.16. The number of rotatable bonds is 5. The molecule has 0 fully saturated rings. The van der Waals surface area contributed by atoms with Gasteiger partial charge < -0.3 is 10.9 Å².